The third-order valence-corrected chi connectivity index (χ3v) is 4.14. The van der Waals surface area contributed by atoms with E-state index in [0.717, 1.165) is 19.3 Å². The number of amides is 2. The highest BCUT2D eigenvalue weighted by Gasteiger charge is 2.21. The van der Waals surface area contributed by atoms with Gasteiger partial charge in [-0.25, -0.2) is 4.79 Å². The molecule has 1 atom stereocenters. The number of carbonyl (C=O) groups is 3. The van der Waals surface area contributed by atoms with Crippen molar-refractivity contribution in [3.63, 3.8) is 0 Å². The lowest BCUT2D eigenvalue weighted by Gasteiger charge is -2.15. The minimum atomic E-state index is -1.17. The molecule has 2 aromatic carbocycles. The second kappa shape index (κ2) is 11.1. The molecule has 0 saturated carbocycles. The van der Waals surface area contributed by atoms with Crippen LogP contribution in [-0.4, -0.2) is 57.9 Å². The van der Waals surface area contributed by atoms with Gasteiger partial charge in [0.05, 0.1) is 7.11 Å². The summed E-state index contributed by atoms with van der Waals surface area (Å²) in [7, 11) is 1.13. The van der Waals surface area contributed by atoms with Gasteiger partial charge in [0.1, 0.15) is 6.04 Å². The van der Waals surface area contributed by atoms with E-state index in [2.05, 4.69) is 15.4 Å². The zero-order valence-electron chi connectivity index (χ0n) is 17.0. The maximum absolute atomic E-state index is 12.1. The van der Waals surface area contributed by atoms with Crippen LogP contribution in [0.1, 0.15) is 11.1 Å². The van der Waals surface area contributed by atoms with Crippen molar-refractivity contribution >= 4 is 29.9 Å². The Morgan fingerprint density at radius 1 is 0.844 bits per heavy atom. The van der Waals surface area contributed by atoms with Crippen molar-refractivity contribution < 1.29 is 39.5 Å². The van der Waals surface area contributed by atoms with Crippen LogP contribution >= 0.6 is 0 Å². The van der Waals surface area contributed by atoms with Crippen LogP contribution in [0.4, 0.5) is 0 Å². The average Bonchev–Trinajstić information content (AvgIpc) is 2.77. The number of hydrogen-bond donors (Lipinski definition) is 6. The molecule has 0 aromatic heterocycles. The van der Waals surface area contributed by atoms with Crippen LogP contribution in [-0.2, 0) is 19.1 Å². The lowest BCUT2D eigenvalue weighted by molar-refractivity contribution is -0.144. The first-order valence-corrected chi connectivity index (χ1v) is 9.26. The van der Waals surface area contributed by atoms with Crippen LogP contribution in [0.2, 0.25) is 0 Å². The fraction of sp³-hybridized carbons (Fsp3) is 0.136. The number of esters is 1. The Morgan fingerprint density at radius 2 is 1.34 bits per heavy atom. The molecule has 0 heterocycles. The summed E-state index contributed by atoms with van der Waals surface area (Å²) in [5.74, 6) is -3.28. The van der Waals surface area contributed by atoms with Crippen LogP contribution in [0.5, 0.6) is 23.0 Å². The SMILES string of the molecule is COC(=O)C(CNC(=O)/C=C/c1ccc(O)c(O)c1)NC(=O)/C=C/c1ccc(O)c(O)c1. The van der Waals surface area contributed by atoms with Crippen LogP contribution < -0.4 is 10.6 Å². The molecular formula is C22H22N2O8. The molecule has 0 spiro atoms. The van der Waals surface area contributed by atoms with Crippen molar-refractivity contribution in [1.82, 2.24) is 10.6 Å². The highest BCUT2D eigenvalue weighted by Crippen LogP contribution is 2.26. The number of ether oxygens (including phenoxy) is 1. The number of phenols is 4. The van der Waals surface area contributed by atoms with Crippen molar-refractivity contribution in [2.75, 3.05) is 13.7 Å². The number of benzene rings is 2. The molecule has 168 valence electrons. The third-order valence-electron chi connectivity index (χ3n) is 4.14. The maximum Gasteiger partial charge on any atom is 0.330 e. The molecule has 2 rings (SSSR count). The number of nitrogens with one attached hydrogen (secondary N) is 2. The summed E-state index contributed by atoms with van der Waals surface area (Å²) >= 11 is 0. The Kier molecular flexibility index (Phi) is 8.23. The first-order valence-electron chi connectivity index (χ1n) is 9.26. The fourth-order valence-corrected chi connectivity index (χ4v) is 2.45. The van der Waals surface area contributed by atoms with Gasteiger partial charge in [-0.05, 0) is 47.5 Å². The Morgan fingerprint density at radius 3 is 1.81 bits per heavy atom. The molecule has 32 heavy (non-hydrogen) atoms. The average molecular weight is 442 g/mol. The van der Waals surface area contributed by atoms with E-state index in [4.69, 9.17) is 0 Å². The molecule has 2 amide bonds. The van der Waals surface area contributed by atoms with E-state index >= 15 is 0 Å². The standard InChI is InChI=1S/C22H22N2O8/c1-32-22(31)15(24-21(30)9-5-14-3-7-17(26)19(28)11-14)12-23-20(29)8-4-13-2-6-16(25)18(27)10-13/h2-11,15,25-28H,12H2,1H3,(H,23,29)(H,24,30)/b8-4+,9-5+. The highest BCUT2D eigenvalue weighted by atomic mass is 16.5. The first-order chi connectivity index (χ1) is 15.2. The topological polar surface area (TPSA) is 165 Å². The largest absolute Gasteiger partial charge is 0.504 e. The molecule has 10 heteroatoms. The Hall–Kier alpha value is -4.47. The second-order valence-electron chi connectivity index (χ2n) is 6.49. The van der Waals surface area contributed by atoms with Gasteiger partial charge in [0.25, 0.3) is 0 Å². The molecular weight excluding hydrogens is 420 g/mol. The predicted molar refractivity (Wildman–Crippen MR) is 115 cm³/mol. The molecule has 2 aromatic rings. The molecule has 0 aliphatic carbocycles. The van der Waals surface area contributed by atoms with Crippen molar-refractivity contribution in [3.8, 4) is 23.0 Å². The van der Waals surface area contributed by atoms with Gasteiger partial charge in [0.2, 0.25) is 11.8 Å². The second-order valence-corrected chi connectivity index (χ2v) is 6.49. The number of aromatic hydroxyl groups is 4. The van der Waals surface area contributed by atoms with Gasteiger partial charge in [-0.2, -0.15) is 0 Å². The summed E-state index contributed by atoms with van der Waals surface area (Å²) in [4.78, 5) is 36.1. The molecule has 0 radical (unpaired) electrons. The zero-order valence-corrected chi connectivity index (χ0v) is 17.0. The number of hydrogen-bond acceptors (Lipinski definition) is 8. The summed E-state index contributed by atoms with van der Waals surface area (Å²) in [6, 6.07) is 6.82. The van der Waals surface area contributed by atoms with Gasteiger partial charge in [-0.15, -0.1) is 0 Å². The quantitative estimate of drug-likeness (QED) is 0.200. The number of rotatable bonds is 8. The van der Waals surface area contributed by atoms with Crippen molar-refractivity contribution in [2.24, 2.45) is 0 Å². The maximum atomic E-state index is 12.1. The fourth-order valence-electron chi connectivity index (χ4n) is 2.45. The van der Waals surface area contributed by atoms with E-state index in [9.17, 15) is 34.8 Å². The molecule has 0 bridgehead atoms. The van der Waals surface area contributed by atoms with Gasteiger partial charge in [-0.3, -0.25) is 9.59 Å². The molecule has 1 unspecified atom stereocenters. The zero-order chi connectivity index (χ0) is 23.7. The Bertz CT molecular complexity index is 1060. The number of methoxy groups -OCH3 is 1. The molecule has 0 saturated heterocycles. The molecule has 10 nitrogen and oxygen atoms in total. The summed E-state index contributed by atoms with van der Waals surface area (Å²) in [5, 5.41) is 42.3. The Labute approximate surface area is 183 Å². The third kappa shape index (κ3) is 7.10. The molecule has 0 aliphatic heterocycles. The van der Waals surface area contributed by atoms with E-state index in [-0.39, 0.29) is 29.5 Å². The monoisotopic (exact) mass is 442 g/mol. The van der Waals surface area contributed by atoms with Gasteiger partial charge in [0.15, 0.2) is 23.0 Å². The lowest BCUT2D eigenvalue weighted by atomic mass is 10.2. The summed E-state index contributed by atoms with van der Waals surface area (Å²) < 4.78 is 4.63. The van der Waals surface area contributed by atoms with Gasteiger partial charge in [0, 0.05) is 18.7 Å². The first kappa shape index (κ1) is 23.8. The van der Waals surface area contributed by atoms with Crippen molar-refractivity contribution in [2.45, 2.75) is 6.04 Å². The normalized spacial score (nSPS) is 11.9. The van der Waals surface area contributed by atoms with Crippen LogP contribution in [0.3, 0.4) is 0 Å². The van der Waals surface area contributed by atoms with E-state index in [1.54, 1.807) is 0 Å². The van der Waals surface area contributed by atoms with Crippen LogP contribution in [0, 0.1) is 0 Å². The summed E-state index contributed by atoms with van der Waals surface area (Å²) in [6.07, 6.45) is 5.01. The molecule has 6 N–H and O–H groups in total. The van der Waals surface area contributed by atoms with Gasteiger partial charge >= 0.3 is 5.97 Å². The lowest BCUT2D eigenvalue weighted by Crippen LogP contribution is -2.48. The molecule has 0 fully saturated rings. The smallest absolute Gasteiger partial charge is 0.330 e. The summed E-state index contributed by atoms with van der Waals surface area (Å²) in [5.41, 5.74) is 0.891. The van der Waals surface area contributed by atoms with Gasteiger partial charge in [-0.1, -0.05) is 12.1 Å². The van der Waals surface area contributed by atoms with Crippen molar-refractivity contribution in [3.05, 3.63) is 59.7 Å². The minimum absolute atomic E-state index is 0.254. The van der Waals surface area contributed by atoms with E-state index in [1.807, 2.05) is 0 Å². The number of carbonyl (C=O) groups excluding carboxylic acids is 3. The van der Waals surface area contributed by atoms with Crippen LogP contribution in [0.25, 0.3) is 12.2 Å². The molecule has 0 aliphatic rings. The van der Waals surface area contributed by atoms with E-state index in [1.165, 1.54) is 48.6 Å². The van der Waals surface area contributed by atoms with E-state index in [0.29, 0.717) is 11.1 Å². The highest BCUT2D eigenvalue weighted by molar-refractivity contribution is 5.95. The van der Waals surface area contributed by atoms with Crippen LogP contribution in [0.15, 0.2) is 48.6 Å². The Balaban J connectivity index is 1.95. The van der Waals surface area contributed by atoms with E-state index < -0.39 is 23.8 Å². The van der Waals surface area contributed by atoms with Gasteiger partial charge < -0.3 is 35.8 Å². The predicted octanol–water partition coefficient (Wildman–Crippen LogP) is 1.01. The summed E-state index contributed by atoms with van der Waals surface area (Å²) in [6.45, 7) is -0.254. The van der Waals surface area contributed by atoms with Crippen molar-refractivity contribution in [1.29, 1.82) is 0 Å². The number of phenolic OH excluding ortho intramolecular Hbond substituents is 4. The minimum Gasteiger partial charge on any atom is -0.504 e.